The third-order valence-electron chi connectivity index (χ3n) is 6.17. The molecule has 4 rings (SSSR count). The summed E-state index contributed by atoms with van der Waals surface area (Å²) in [6, 6.07) is 9.84. The van der Waals surface area contributed by atoms with E-state index in [9.17, 15) is 18.4 Å². The zero-order valence-corrected chi connectivity index (χ0v) is 21.3. The van der Waals surface area contributed by atoms with Crippen molar-refractivity contribution in [1.29, 1.82) is 0 Å². The van der Waals surface area contributed by atoms with Gasteiger partial charge in [-0.15, -0.1) is 0 Å². The first-order valence-corrected chi connectivity index (χ1v) is 12.3. The summed E-state index contributed by atoms with van der Waals surface area (Å²) in [5.41, 5.74) is 0.541. The van der Waals surface area contributed by atoms with Gasteiger partial charge in [0.15, 0.2) is 0 Å². The smallest absolute Gasteiger partial charge is 0.412 e. The zero-order valence-electron chi connectivity index (χ0n) is 20.6. The molecule has 0 bridgehead atoms. The minimum atomic E-state index is -0.761. The Morgan fingerprint density at radius 1 is 1.13 bits per heavy atom. The summed E-state index contributed by atoms with van der Waals surface area (Å²) in [7, 11) is 1.63. The van der Waals surface area contributed by atoms with Gasteiger partial charge in [-0.25, -0.2) is 23.5 Å². The number of H-pyrrole nitrogens is 1. The Morgan fingerprint density at radius 3 is 2.76 bits per heavy atom. The van der Waals surface area contributed by atoms with Crippen LogP contribution in [0.4, 0.5) is 19.4 Å². The first-order chi connectivity index (χ1) is 18.3. The Morgan fingerprint density at radius 2 is 1.97 bits per heavy atom. The van der Waals surface area contributed by atoms with Crippen molar-refractivity contribution in [2.75, 3.05) is 19.0 Å². The summed E-state index contributed by atoms with van der Waals surface area (Å²) in [4.78, 5) is 38.4. The number of rotatable bonds is 10. The fraction of sp³-hybridized carbons (Fsp3) is 0.259. The second-order valence-corrected chi connectivity index (χ2v) is 9.11. The highest BCUT2D eigenvalue weighted by Crippen LogP contribution is 2.22. The van der Waals surface area contributed by atoms with Gasteiger partial charge >= 0.3 is 6.09 Å². The monoisotopic (exact) mass is 541 g/mol. The first kappa shape index (κ1) is 27.0. The van der Waals surface area contributed by atoms with Crippen molar-refractivity contribution >= 4 is 40.2 Å². The van der Waals surface area contributed by atoms with Crippen molar-refractivity contribution < 1.29 is 23.1 Å². The molecule has 0 aliphatic heterocycles. The Bertz CT molecular complexity index is 1420. The largest absolute Gasteiger partial charge is 0.447 e. The summed E-state index contributed by atoms with van der Waals surface area (Å²) in [6.07, 6.45) is 5.45. The summed E-state index contributed by atoms with van der Waals surface area (Å²) >= 11 is 6.02. The van der Waals surface area contributed by atoms with E-state index in [1.54, 1.807) is 43.7 Å². The van der Waals surface area contributed by atoms with Crippen molar-refractivity contribution in [3.05, 3.63) is 89.1 Å². The van der Waals surface area contributed by atoms with Crippen LogP contribution in [-0.4, -0.2) is 51.5 Å². The number of aromatic nitrogens is 3. The molecule has 0 fully saturated rings. The number of aryl methyl sites for hydroxylation is 2. The van der Waals surface area contributed by atoms with E-state index in [0.29, 0.717) is 23.8 Å². The zero-order chi connectivity index (χ0) is 27.1. The van der Waals surface area contributed by atoms with Crippen LogP contribution in [0.1, 0.15) is 24.2 Å². The van der Waals surface area contributed by atoms with Gasteiger partial charge in [0.1, 0.15) is 29.9 Å². The standard InChI is InChI=1S/C27H26ClF2N5O3/c1-35(25(36)10-6-17-3-2-4-22(30)26(17)28)21(8-9-23-31-11-12-32-23)16-38-27(37)34-24-14-19-13-20(29)7-5-18(19)15-33-24/h2-5,7,11-15,21H,6,8-10,16H2,1H3,(H,31,32)(H,33,34,37)/t21-/m0/s1. The highest BCUT2D eigenvalue weighted by molar-refractivity contribution is 6.31. The second-order valence-electron chi connectivity index (χ2n) is 8.73. The number of likely N-dealkylation sites (N-methyl/N-ethyl adjacent to an activating group) is 1. The number of hydrogen-bond acceptors (Lipinski definition) is 5. The van der Waals surface area contributed by atoms with Crippen molar-refractivity contribution in [3.8, 4) is 0 Å². The Labute approximate surface area is 223 Å². The maximum absolute atomic E-state index is 13.7. The minimum absolute atomic E-state index is 0.00219. The third-order valence-corrected chi connectivity index (χ3v) is 6.59. The van der Waals surface area contributed by atoms with Crippen LogP contribution in [0.2, 0.25) is 5.02 Å². The minimum Gasteiger partial charge on any atom is -0.447 e. The fourth-order valence-corrected chi connectivity index (χ4v) is 4.20. The molecule has 0 spiro atoms. The molecule has 1 atom stereocenters. The highest BCUT2D eigenvalue weighted by atomic mass is 35.5. The van der Waals surface area contributed by atoms with Gasteiger partial charge in [0.2, 0.25) is 5.91 Å². The van der Waals surface area contributed by atoms with Crippen LogP contribution < -0.4 is 5.32 Å². The van der Waals surface area contributed by atoms with E-state index in [1.165, 1.54) is 29.3 Å². The molecule has 0 radical (unpaired) electrons. The van der Waals surface area contributed by atoms with Crippen molar-refractivity contribution in [1.82, 2.24) is 19.9 Å². The molecule has 38 heavy (non-hydrogen) atoms. The number of benzene rings is 2. The molecule has 0 saturated carbocycles. The van der Waals surface area contributed by atoms with E-state index in [1.807, 2.05) is 0 Å². The number of nitrogens with one attached hydrogen (secondary N) is 2. The number of nitrogens with zero attached hydrogens (tertiary/aromatic N) is 3. The molecule has 0 aliphatic rings. The van der Waals surface area contributed by atoms with Crippen LogP contribution in [0.3, 0.4) is 0 Å². The lowest BCUT2D eigenvalue weighted by Gasteiger charge is -2.28. The molecule has 2 N–H and O–H groups in total. The Balaban J connectivity index is 1.38. The number of amides is 2. The lowest BCUT2D eigenvalue weighted by Crippen LogP contribution is -2.41. The molecule has 11 heteroatoms. The van der Waals surface area contributed by atoms with E-state index in [0.717, 1.165) is 11.2 Å². The number of fused-ring (bicyclic) bond motifs is 1. The van der Waals surface area contributed by atoms with E-state index in [-0.39, 0.29) is 36.2 Å². The van der Waals surface area contributed by atoms with Gasteiger partial charge in [-0.1, -0.05) is 23.7 Å². The summed E-state index contributed by atoms with van der Waals surface area (Å²) in [6.45, 7) is -0.0856. The van der Waals surface area contributed by atoms with Crippen LogP contribution in [0.5, 0.6) is 0 Å². The average Bonchev–Trinajstić information content (AvgIpc) is 3.42. The fourth-order valence-electron chi connectivity index (χ4n) is 3.98. The summed E-state index contributed by atoms with van der Waals surface area (Å²) in [5, 5.41) is 3.84. The maximum atomic E-state index is 13.7. The SMILES string of the molecule is CN(C(=O)CCc1cccc(F)c1Cl)[C@@H](CCc1ncc[nH]1)COC(=O)Nc1cc2cc(F)ccc2cn1. The maximum Gasteiger partial charge on any atom is 0.412 e. The summed E-state index contributed by atoms with van der Waals surface area (Å²) < 4.78 is 32.7. The van der Waals surface area contributed by atoms with E-state index >= 15 is 0 Å². The van der Waals surface area contributed by atoms with Gasteiger partial charge < -0.3 is 14.6 Å². The van der Waals surface area contributed by atoms with Gasteiger partial charge in [0.25, 0.3) is 0 Å². The predicted molar refractivity (Wildman–Crippen MR) is 140 cm³/mol. The molecule has 0 unspecified atom stereocenters. The molecule has 4 aromatic rings. The van der Waals surface area contributed by atoms with Crippen LogP contribution in [-0.2, 0) is 22.4 Å². The number of anilines is 1. The first-order valence-electron chi connectivity index (χ1n) is 12.0. The van der Waals surface area contributed by atoms with E-state index in [4.69, 9.17) is 16.3 Å². The van der Waals surface area contributed by atoms with Gasteiger partial charge in [0.05, 0.1) is 11.1 Å². The Hall–Kier alpha value is -4.05. The summed E-state index contributed by atoms with van der Waals surface area (Å²) in [5.74, 6) is -0.205. The van der Waals surface area contributed by atoms with Crippen LogP contribution >= 0.6 is 11.6 Å². The van der Waals surface area contributed by atoms with Gasteiger partial charge in [-0.05, 0) is 54.1 Å². The molecular formula is C27H26ClF2N5O3. The molecule has 198 valence electrons. The van der Waals surface area contributed by atoms with E-state index in [2.05, 4.69) is 20.3 Å². The number of carbonyl (C=O) groups excluding carboxylic acids is 2. The number of pyridine rings is 1. The highest BCUT2D eigenvalue weighted by Gasteiger charge is 2.23. The molecule has 0 saturated heterocycles. The lowest BCUT2D eigenvalue weighted by molar-refractivity contribution is -0.132. The van der Waals surface area contributed by atoms with Crippen LogP contribution in [0.25, 0.3) is 10.8 Å². The normalized spacial score (nSPS) is 11.8. The second kappa shape index (κ2) is 12.5. The number of aromatic amines is 1. The molecule has 2 aromatic heterocycles. The molecule has 0 aliphatic carbocycles. The van der Waals surface area contributed by atoms with Crippen molar-refractivity contribution in [2.24, 2.45) is 0 Å². The van der Waals surface area contributed by atoms with Crippen molar-refractivity contribution in [3.63, 3.8) is 0 Å². The van der Waals surface area contributed by atoms with Crippen LogP contribution in [0, 0.1) is 11.6 Å². The molecular weight excluding hydrogens is 516 g/mol. The predicted octanol–water partition coefficient (Wildman–Crippen LogP) is 5.53. The van der Waals surface area contributed by atoms with E-state index < -0.39 is 23.8 Å². The Kier molecular flexibility index (Phi) is 8.85. The molecule has 2 aromatic carbocycles. The topological polar surface area (TPSA) is 100 Å². The van der Waals surface area contributed by atoms with Crippen LogP contribution in [0.15, 0.2) is 61.1 Å². The molecule has 8 nitrogen and oxygen atoms in total. The number of hydrogen-bond donors (Lipinski definition) is 2. The van der Waals surface area contributed by atoms with Crippen molar-refractivity contribution in [2.45, 2.75) is 31.7 Å². The molecule has 2 amide bonds. The number of halogens is 3. The third kappa shape index (κ3) is 7.04. The quantitative estimate of drug-likeness (QED) is 0.275. The van der Waals surface area contributed by atoms with Gasteiger partial charge in [-0.3, -0.25) is 10.1 Å². The number of imidazole rings is 1. The molecule has 2 heterocycles. The number of ether oxygens (including phenoxy) is 1. The number of carbonyl (C=O) groups is 2. The average molecular weight is 542 g/mol. The van der Waals surface area contributed by atoms with Gasteiger partial charge in [-0.2, -0.15) is 0 Å². The lowest BCUT2D eigenvalue weighted by atomic mass is 10.1. The van der Waals surface area contributed by atoms with Gasteiger partial charge in [0, 0.05) is 43.9 Å².